The van der Waals surface area contributed by atoms with Crippen LogP contribution in [0.5, 0.6) is 0 Å². The lowest BCUT2D eigenvalue weighted by Gasteiger charge is -2.09. The van der Waals surface area contributed by atoms with Crippen molar-refractivity contribution < 1.29 is 27.5 Å². The van der Waals surface area contributed by atoms with Gasteiger partial charge in [-0.05, 0) is 24.6 Å². The SMILES string of the molecule is COC(=O)c1c(NC(=O)C(F)(F)F)sc(C)c1-c1ccc(Br)cc1. The first kappa shape index (κ1) is 18.5. The number of anilines is 1. The second-order valence-corrected chi connectivity index (χ2v) is 6.83. The van der Waals surface area contributed by atoms with Crippen LogP contribution in [0, 0.1) is 6.92 Å². The fourth-order valence-corrected chi connectivity index (χ4v) is 3.39. The lowest BCUT2D eigenvalue weighted by molar-refractivity contribution is -0.167. The lowest BCUT2D eigenvalue weighted by atomic mass is 10.0. The van der Waals surface area contributed by atoms with Gasteiger partial charge in [-0.2, -0.15) is 13.2 Å². The zero-order valence-corrected chi connectivity index (χ0v) is 14.9. The van der Waals surface area contributed by atoms with Crippen LogP contribution in [0.1, 0.15) is 15.2 Å². The molecule has 2 aromatic rings. The van der Waals surface area contributed by atoms with Crippen LogP contribution < -0.4 is 5.32 Å². The van der Waals surface area contributed by atoms with E-state index in [0.717, 1.165) is 22.9 Å². The van der Waals surface area contributed by atoms with Crippen molar-refractivity contribution in [3.05, 3.63) is 39.2 Å². The van der Waals surface area contributed by atoms with Gasteiger partial charge in [-0.25, -0.2) is 4.79 Å². The molecule has 0 fully saturated rings. The van der Waals surface area contributed by atoms with Crippen molar-refractivity contribution in [2.45, 2.75) is 13.1 Å². The molecule has 0 spiro atoms. The predicted octanol–water partition coefficient (Wildman–Crippen LogP) is 4.77. The largest absolute Gasteiger partial charge is 0.471 e. The highest BCUT2D eigenvalue weighted by atomic mass is 79.9. The molecule has 0 aliphatic rings. The van der Waals surface area contributed by atoms with E-state index in [2.05, 4.69) is 20.7 Å². The summed E-state index contributed by atoms with van der Waals surface area (Å²) in [4.78, 5) is 23.9. The molecular weight excluding hydrogens is 411 g/mol. The maximum atomic E-state index is 12.5. The number of nitrogens with one attached hydrogen (secondary N) is 1. The van der Waals surface area contributed by atoms with Crippen molar-refractivity contribution in [1.82, 2.24) is 0 Å². The lowest BCUT2D eigenvalue weighted by Crippen LogP contribution is -2.30. The van der Waals surface area contributed by atoms with Gasteiger partial charge in [0.15, 0.2) is 0 Å². The van der Waals surface area contributed by atoms with E-state index < -0.39 is 18.1 Å². The Balaban J connectivity index is 2.58. The number of benzene rings is 1. The number of hydrogen-bond donors (Lipinski definition) is 1. The molecule has 0 aliphatic carbocycles. The molecule has 1 N–H and O–H groups in total. The second kappa shape index (κ2) is 6.94. The molecule has 4 nitrogen and oxygen atoms in total. The van der Waals surface area contributed by atoms with Gasteiger partial charge < -0.3 is 10.1 Å². The Hall–Kier alpha value is -1.87. The molecule has 0 saturated carbocycles. The third-order valence-electron chi connectivity index (χ3n) is 3.09. The minimum Gasteiger partial charge on any atom is -0.465 e. The van der Waals surface area contributed by atoms with E-state index in [0.29, 0.717) is 16.0 Å². The fourth-order valence-electron chi connectivity index (χ4n) is 2.07. The molecule has 128 valence electrons. The first-order chi connectivity index (χ1) is 11.1. The van der Waals surface area contributed by atoms with Crippen molar-refractivity contribution in [2.24, 2.45) is 0 Å². The van der Waals surface area contributed by atoms with Crippen molar-refractivity contribution in [2.75, 3.05) is 12.4 Å². The number of alkyl halides is 3. The summed E-state index contributed by atoms with van der Waals surface area (Å²) in [5.41, 5.74) is 0.955. The van der Waals surface area contributed by atoms with Crippen molar-refractivity contribution in [3.63, 3.8) is 0 Å². The molecule has 0 aliphatic heterocycles. The van der Waals surface area contributed by atoms with Gasteiger partial charge in [-0.3, -0.25) is 4.79 Å². The summed E-state index contributed by atoms with van der Waals surface area (Å²) in [7, 11) is 1.12. The number of esters is 1. The molecule has 1 aromatic carbocycles. The topological polar surface area (TPSA) is 55.4 Å². The maximum Gasteiger partial charge on any atom is 0.471 e. The highest BCUT2D eigenvalue weighted by molar-refractivity contribution is 9.10. The number of hydrogen-bond acceptors (Lipinski definition) is 4. The van der Waals surface area contributed by atoms with Crippen molar-refractivity contribution in [3.8, 4) is 11.1 Å². The molecule has 24 heavy (non-hydrogen) atoms. The van der Waals surface area contributed by atoms with E-state index in [1.165, 1.54) is 0 Å². The van der Waals surface area contributed by atoms with Gasteiger partial charge >= 0.3 is 18.1 Å². The molecule has 2 rings (SSSR count). The zero-order valence-electron chi connectivity index (χ0n) is 12.5. The van der Waals surface area contributed by atoms with Gasteiger partial charge in [-0.15, -0.1) is 11.3 Å². The average Bonchev–Trinajstić information content (AvgIpc) is 2.82. The summed E-state index contributed by atoms with van der Waals surface area (Å²) in [6, 6.07) is 6.89. The number of ether oxygens (including phenoxy) is 1. The smallest absolute Gasteiger partial charge is 0.465 e. The Morgan fingerprint density at radius 2 is 1.79 bits per heavy atom. The van der Waals surface area contributed by atoms with E-state index in [4.69, 9.17) is 0 Å². The van der Waals surface area contributed by atoms with E-state index in [1.807, 2.05) is 0 Å². The summed E-state index contributed by atoms with van der Waals surface area (Å²) >= 11 is 4.17. The van der Waals surface area contributed by atoms with Crippen LogP contribution >= 0.6 is 27.3 Å². The molecule has 9 heteroatoms. The standard InChI is InChI=1S/C15H11BrF3NO3S/c1-7-10(8-3-5-9(16)6-4-8)11(13(21)23-2)12(24-7)20-14(22)15(17,18)19/h3-6H,1-2H3,(H,20,22). The number of thiophene rings is 1. The first-order valence-corrected chi connectivity index (χ1v) is 8.12. The fraction of sp³-hybridized carbons (Fsp3) is 0.200. The van der Waals surface area contributed by atoms with Crippen LogP contribution in [-0.4, -0.2) is 25.2 Å². The summed E-state index contributed by atoms with van der Waals surface area (Å²) in [6.45, 7) is 1.65. The van der Waals surface area contributed by atoms with Crippen LogP contribution in [0.15, 0.2) is 28.7 Å². The maximum absolute atomic E-state index is 12.5. The number of halogens is 4. The quantitative estimate of drug-likeness (QED) is 0.725. The van der Waals surface area contributed by atoms with Crippen LogP contribution in [0.2, 0.25) is 0 Å². The molecule has 0 radical (unpaired) electrons. The minimum atomic E-state index is -5.05. The molecule has 0 bridgehead atoms. The molecule has 1 amide bonds. The van der Waals surface area contributed by atoms with Gasteiger partial charge in [0.1, 0.15) is 10.6 Å². The van der Waals surface area contributed by atoms with Gasteiger partial charge in [0, 0.05) is 14.9 Å². The number of rotatable bonds is 3. The molecule has 1 heterocycles. The number of carbonyl (C=O) groups excluding carboxylic acids is 2. The van der Waals surface area contributed by atoms with E-state index in [-0.39, 0.29) is 10.6 Å². The molecule has 0 saturated heterocycles. The molecular formula is C15H11BrF3NO3S. The number of carbonyl (C=O) groups is 2. The first-order valence-electron chi connectivity index (χ1n) is 6.51. The van der Waals surface area contributed by atoms with E-state index in [9.17, 15) is 22.8 Å². The van der Waals surface area contributed by atoms with Crippen molar-refractivity contribution in [1.29, 1.82) is 0 Å². The minimum absolute atomic E-state index is 0.0973. The highest BCUT2D eigenvalue weighted by Gasteiger charge is 2.40. The number of methoxy groups -OCH3 is 1. The molecule has 0 unspecified atom stereocenters. The summed E-state index contributed by atoms with van der Waals surface area (Å²) in [6.07, 6.45) is -5.05. The van der Waals surface area contributed by atoms with Crippen LogP contribution in [0.25, 0.3) is 11.1 Å². The van der Waals surface area contributed by atoms with Gasteiger partial charge in [0.25, 0.3) is 0 Å². The van der Waals surface area contributed by atoms with Crippen LogP contribution in [0.3, 0.4) is 0 Å². The van der Waals surface area contributed by atoms with Gasteiger partial charge in [0.2, 0.25) is 0 Å². The normalized spacial score (nSPS) is 11.2. The Kier molecular flexibility index (Phi) is 5.34. The zero-order chi connectivity index (χ0) is 18.1. The Labute approximate surface area is 147 Å². The van der Waals surface area contributed by atoms with E-state index >= 15 is 0 Å². The number of aryl methyl sites for hydroxylation is 1. The van der Waals surface area contributed by atoms with Gasteiger partial charge in [0.05, 0.1) is 7.11 Å². The van der Waals surface area contributed by atoms with Crippen molar-refractivity contribution >= 4 is 44.1 Å². The Bertz CT molecular complexity index is 784. The third-order valence-corrected chi connectivity index (χ3v) is 4.64. The van der Waals surface area contributed by atoms with Crippen LogP contribution in [0.4, 0.5) is 18.2 Å². The number of amides is 1. The summed E-state index contributed by atoms with van der Waals surface area (Å²) < 4.78 is 43.0. The summed E-state index contributed by atoms with van der Waals surface area (Å²) in [5.74, 6) is -2.97. The summed E-state index contributed by atoms with van der Waals surface area (Å²) in [5, 5.41) is 1.56. The average molecular weight is 422 g/mol. The molecule has 0 atom stereocenters. The highest BCUT2D eigenvalue weighted by Crippen LogP contribution is 2.41. The predicted molar refractivity (Wildman–Crippen MR) is 88.2 cm³/mol. The monoisotopic (exact) mass is 421 g/mol. The Morgan fingerprint density at radius 3 is 2.29 bits per heavy atom. The second-order valence-electron chi connectivity index (χ2n) is 4.69. The molecule has 1 aromatic heterocycles. The van der Waals surface area contributed by atoms with Crippen LogP contribution in [-0.2, 0) is 9.53 Å². The van der Waals surface area contributed by atoms with E-state index in [1.54, 1.807) is 36.5 Å². The third kappa shape index (κ3) is 3.78. The van der Waals surface area contributed by atoms with Gasteiger partial charge in [-0.1, -0.05) is 28.1 Å². The Morgan fingerprint density at radius 1 is 1.21 bits per heavy atom.